The highest BCUT2D eigenvalue weighted by Gasteiger charge is 2.40. The molecule has 2 aliphatic heterocycles. The van der Waals surface area contributed by atoms with E-state index in [1.807, 2.05) is 18.2 Å². The lowest BCUT2D eigenvalue weighted by Gasteiger charge is -2.28. The van der Waals surface area contributed by atoms with Crippen molar-refractivity contribution in [3.63, 3.8) is 0 Å². The van der Waals surface area contributed by atoms with Gasteiger partial charge in [-0.25, -0.2) is 14.7 Å². The number of hydrogen-bond acceptors (Lipinski definition) is 13. The molecule has 2 aliphatic rings. The first kappa shape index (κ1) is 51.8. The van der Waals surface area contributed by atoms with Gasteiger partial charge >= 0.3 is 6.03 Å². The Morgan fingerprint density at radius 2 is 1.37 bits per heavy atom. The normalized spacial score (nSPS) is 23.8. The van der Waals surface area contributed by atoms with Crippen molar-refractivity contribution in [1.29, 1.82) is 5.41 Å². The summed E-state index contributed by atoms with van der Waals surface area (Å²) in [5.41, 5.74) is 13.7. The van der Waals surface area contributed by atoms with Gasteiger partial charge in [0.25, 0.3) is 5.91 Å². The van der Waals surface area contributed by atoms with Crippen molar-refractivity contribution in [2.45, 2.75) is 81.3 Å². The molecule has 10 amide bonds. The number of nitrogens with one attached hydrogen (secondary N) is 11. The minimum absolute atomic E-state index is 0.0448. The third-order valence-electron chi connectivity index (χ3n) is 11.3. The maximum atomic E-state index is 14.5. The standard InChI is InChI=1S/C44H55N15O9S2/c1-23-37(62)55-32(16-26-18-48-22-52-26)41(66)56-30(14-24-8-3-2-4-9-24)39(64)54-29(12-7-13-49-43(46)47)38(63)57-31(15-25-17-50-28-11-6-5-10-27(25)28)40(65)58-33(36(45)61)20-69-70-21-34(42(67)53-23)59-35(60)19-51-44(59)68/h2-6,8-11,17-18,22-23,29-34,50H,7,12-16,19-21H2,1H3,(H2,45,61)(H,48,52)(H,51,68)(H,53,67)(H,54,64)(H,55,62)(H,56,66)(H,57,63)(H,58,65)(H4,46,47,49)/t23-,29+,30-,31+,32+,33+,34+/m1/s1. The monoisotopic (exact) mass is 1000 g/mol. The first-order chi connectivity index (χ1) is 33.6. The summed E-state index contributed by atoms with van der Waals surface area (Å²) in [6.07, 6.45) is 4.28. The maximum Gasteiger partial charge on any atom is 0.325 e. The highest BCUT2D eigenvalue weighted by atomic mass is 33.1. The zero-order chi connectivity index (χ0) is 50.3. The van der Waals surface area contributed by atoms with E-state index < -0.39 is 95.6 Å². The minimum Gasteiger partial charge on any atom is -0.370 e. The first-order valence-electron chi connectivity index (χ1n) is 22.2. The second kappa shape index (κ2) is 24.6. The molecule has 26 heteroatoms. The van der Waals surface area contributed by atoms with Crippen LogP contribution in [-0.2, 0) is 57.6 Å². The number of imidazole rings is 1. The first-order valence-corrected chi connectivity index (χ1v) is 24.7. The molecule has 2 aromatic carbocycles. The Bertz CT molecular complexity index is 2550. The van der Waals surface area contributed by atoms with Crippen molar-refractivity contribution in [1.82, 2.24) is 62.4 Å². The minimum atomic E-state index is -1.46. The van der Waals surface area contributed by atoms with Crippen molar-refractivity contribution in [3.05, 3.63) is 90.1 Å². The van der Waals surface area contributed by atoms with E-state index >= 15 is 0 Å². The lowest BCUT2D eigenvalue weighted by molar-refractivity contribution is -0.136. The largest absolute Gasteiger partial charge is 0.370 e. The Morgan fingerprint density at radius 1 is 0.743 bits per heavy atom. The summed E-state index contributed by atoms with van der Waals surface area (Å²) in [6.45, 7) is 1.08. The predicted molar refractivity (Wildman–Crippen MR) is 259 cm³/mol. The molecule has 15 N–H and O–H groups in total. The number of guanidine groups is 1. The van der Waals surface area contributed by atoms with Crippen molar-refractivity contribution < 1.29 is 43.2 Å². The summed E-state index contributed by atoms with van der Waals surface area (Å²) in [5, 5.41) is 29.4. The number of aromatic nitrogens is 3. The van der Waals surface area contributed by atoms with Gasteiger partial charge in [-0.3, -0.25) is 43.8 Å². The summed E-state index contributed by atoms with van der Waals surface area (Å²) >= 11 is 0. The molecule has 4 aromatic rings. The van der Waals surface area contributed by atoms with E-state index in [9.17, 15) is 43.2 Å². The number of rotatable bonds is 12. The molecule has 2 saturated heterocycles. The van der Waals surface area contributed by atoms with Crippen LogP contribution in [0.2, 0.25) is 0 Å². The molecule has 7 atom stereocenters. The van der Waals surface area contributed by atoms with Crippen molar-refractivity contribution in [2.75, 3.05) is 24.6 Å². The summed E-state index contributed by atoms with van der Waals surface area (Å²) in [6, 6.07) is 5.48. The summed E-state index contributed by atoms with van der Waals surface area (Å²) in [5.74, 6) is -7.36. The Kier molecular flexibility index (Phi) is 18.2. The topological polar surface area (TPSA) is 373 Å². The molecule has 6 rings (SSSR count). The molecule has 2 aromatic heterocycles. The van der Waals surface area contributed by atoms with Crippen LogP contribution < -0.4 is 54.0 Å². The fraction of sp³-hybridized carbons (Fsp3) is 0.386. The summed E-state index contributed by atoms with van der Waals surface area (Å²) in [7, 11) is 1.97. The number of carbonyl (C=O) groups excluding carboxylic acids is 9. The Labute approximate surface area is 408 Å². The number of aromatic amines is 2. The lowest BCUT2D eigenvalue weighted by atomic mass is 10.0. The molecule has 0 unspecified atom stereocenters. The van der Waals surface area contributed by atoms with Gasteiger partial charge in [-0.2, -0.15) is 0 Å². The van der Waals surface area contributed by atoms with Gasteiger partial charge in [-0.1, -0.05) is 70.1 Å². The number of nitrogens with zero attached hydrogens (tertiary/aromatic N) is 2. The molecule has 0 aliphatic carbocycles. The molecule has 0 spiro atoms. The van der Waals surface area contributed by atoms with Crippen LogP contribution in [0.25, 0.3) is 10.9 Å². The second-order valence-electron chi connectivity index (χ2n) is 16.5. The van der Waals surface area contributed by atoms with Gasteiger partial charge in [-0.15, -0.1) is 0 Å². The highest BCUT2D eigenvalue weighted by molar-refractivity contribution is 8.76. The molecule has 0 bridgehead atoms. The number of hydrogen-bond donors (Lipinski definition) is 13. The van der Waals surface area contributed by atoms with Crippen LogP contribution in [0.4, 0.5) is 4.79 Å². The van der Waals surface area contributed by atoms with E-state index in [4.69, 9.17) is 16.9 Å². The fourth-order valence-corrected chi connectivity index (χ4v) is 9.99. The van der Waals surface area contributed by atoms with Crippen LogP contribution in [0.5, 0.6) is 0 Å². The number of amides is 10. The molecule has 2 fully saturated rings. The number of urea groups is 1. The van der Waals surface area contributed by atoms with E-state index in [-0.39, 0.29) is 62.7 Å². The van der Waals surface area contributed by atoms with E-state index in [2.05, 4.69) is 57.5 Å². The quantitative estimate of drug-likeness (QED) is 0.0238. The van der Waals surface area contributed by atoms with Gasteiger partial charge in [0.15, 0.2) is 5.96 Å². The zero-order valence-electron chi connectivity index (χ0n) is 37.9. The number of fused-ring (bicyclic) bond motifs is 1. The van der Waals surface area contributed by atoms with E-state index in [0.717, 1.165) is 37.4 Å². The zero-order valence-corrected chi connectivity index (χ0v) is 39.5. The number of imide groups is 1. The molecule has 0 saturated carbocycles. The SMILES string of the molecule is C[C@H]1NC(=O)[C@@H](N2C(=O)CNC2=O)CSSC[C@@H](C(N)=O)NC(=O)[C@H](Cc2c[nH]c3ccccc23)NC(=O)[C@H](CCCNC(=N)N)NC(=O)[C@@H](Cc2ccccc2)NC(=O)[C@H](Cc2cnc[nH]2)NC1=O. The molecule has 4 heterocycles. The smallest absolute Gasteiger partial charge is 0.325 e. The van der Waals surface area contributed by atoms with Crippen LogP contribution in [0.15, 0.2) is 73.3 Å². The second-order valence-corrected chi connectivity index (χ2v) is 19.0. The van der Waals surface area contributed by atoms with E-state index in [1.165, 1.54) is 19.4 Å². The molecular weight excluding hydrogens is 947 g/mol. The fourth-order valence-electron chi connectivity index (χ4n) is 7.61. The van der Waals surface area contributed by atoms with Gasteiger partial charge in [0, 0.05) is 66.3 Å². The van der Waals surface area contributed by atoms with E-state index in [1.54, 1.807) is 42.6 Å². The summed E-state index contributed by atoms with van der Waals surface area (Å²) in [4.78, 5) is 135. The number of H-pyrrole nitrogens is 2. The maximum absolute atomic E-state index is 14.5. The average Bonchev–Trinajstić information content (AvgIpc) is 4.08. The highest BCUT2D eigenvalue weighted by Crippen LogP contribution is 2.26. The van der Waals surface area contributed by atoms with Crippen LogP contribution in [0, 0.1) is 5.41 Å². The van der Waals surface area contributed by atoms with Gasteiger partial charge in [0.1, 0.15) is 42.3 Å². The van der Waals surface area contributed by atoms with Gasteiger partial charge < -0.3 is 64.0 Å². The number of primary amides is 1. The van der Waals surface area contributed by atoms with Crippen LogP contribution >= 0.6 is 21.6 Å². The van der Waals surface area contributed by atoms with Crippen LogP contribution in [-0.4, -0.2) is 146 Å². The van der Waals surface area contributed by atoms with Gasteiger partial charge in [0.2, 0.25) is 41.4 Å². The van der Waals surface area contributed by atoms with Gasteiger partial charge in [-0.05, 0) is 37.0 Å². The number of carbonyl (C=O) groups is 9. The van der Waals surface area contributed by atoms with Crippen LogP contribution in [0.1, 0.15) is 36.6 Å². The molecule has 70 heavy (non-hydrogen) atoms. The molecular formula is C44H55N15O9S2. The third-order valence-corrected chi connectivity index (χ3v) is 13.7. The average molecular weight is 1000 g/mol. The Balaban J connectivity index is 1.38. The number of benzene rings is 2. The predicted octanol–water partition coefficient (Wildman–Crippen LogP) is -2.09. The molecule has 24 nitrogen and oxygen atoms in total. The van der Waals surface area contributed by atoms with E-state index in [0.29, 0.717) is 16.8 Å². The summed E-state index contributed by atoms with van der Waals surface area (Å²) < 4.78 is 0. The van der Waals surface area contributed by atoms with Crippen LogP contribution in [0.3, 0.4) is 0 Å². The lowest BCUT2D eigenvalue weighted by Crippen LogP contribution is -2.60. The Hall–Kier alpha value is -7.61. The number of para-hydroxylation sites is 1. The van der Waals surface area contributed by atoms with Crippen molar-refractivity contribution in [2.24, 2.45) is 11.5 Å². The van der Waals surface area contributed by atoms with Gasteiger partial charge in [0.05, 0.1) is 12.9 Å². The molecule has 372 valence electrons. The Morgan fingerprint density at radius 3 is 2.04 bits per heavy atom. The number of nitrogens with two attached hydrogens (primary N) is 2. The third kappa shape index (κ3) is 14.2. The van der Waals surface area contributed by atoms with Crippen molar-refractivity contribution >= 4 is 91.7 Å². The molecule has 0 radical (unpaired) electrons. The van der Waals surface area contributed by atoms with Crippen molar-refractivity contribution in [3.8, 4) is 0 Å².